The molecule has 2 rings (SSSR count). The molecule has 0 aliphatic heterocycles. The molecule has 0 radical (unpaired) electrons. The van der Waals surface area contributed by atoms with Crippen LogP contribution in [0.4, 0.5) is 15.8 Å². The van der Waals surface area contributed by atoms with Crippen LogP contribution in [0, 0.1) is 12.7 Å². The predicted molar refractivity (Wildman–Crippen MR) is 93.2 cm³/mol. The van der Waals surface area contributed by atoms with Crippen LogP contribution in [-0.2, 0) is 10.0 Å². The Hall–Kier alpha value is -2.41. The summed E-state index contributed by atoms with van der Waals surface area (Å²) in [6.45, 7) is 3.48. The minimum Gasteiger partial charge on any atom is -0.322 e. The number of amides is 1. The minimum absolute atomic E-state index is 0.0202. The van der Waals surface area contributed by atoms with Crippen LogP contribution in [0.3, 0.4) is 0 Å². The van der Waals surface area contributed by atoms with Gasteiger partial charge in [-0.2, -0.15) is 0 Å². The van der Waals surface area contributed by atoms with Crippen molar-refractivity contribution in [1.29, 1.82) is 0 Å². The molecule has 0 spiro atoms. The van der Waals surface area contributed by atoms with E-state index in [1.807, 2.05) is 0 Å². The Morgan fingerprint density at radius 1 is 1.12 bits per heavy atom. The third-order valence-electron chi connectivity index (χ3n) is 3.41. The standard InChI is InChI=1S/C17H19FN2O3S/c1-3-10-24(22,23)20-16-9-5-8-15(12(16)2)19-17(21)13-6-4-7-14(18)11-13/h4-9,11,20H,3,10H2,1-2H3,(H,19,21). The number of nitrogens with one attached hydrogen (secondary N) is 2. The van der Waals surface area contributed by atoms with Gasteiger partial charge in [0, 0.05) is 11.3 Å². The summed E-state index contributed by atoms with van der Waals surface area (Å²) in [6.07, 6.45) is 0.504. The summed E-state index contributed by atoms with van der Waals surface area (Å²) in [5.74, 6) is -0.946. The Balaban J connectivity index is 2.23. The highest BCUT2D eigenvalue weighted by atomic mass is 32.2. The van der Waals surface area contributed by atoms with Gasteiger partial charge in [-0.3, -0.25) is 9.52 Å². The van der Waals surface area contributed by atoms with Crippen molar-refractivity contribution in [2.45, 2.75) is 20.3 Å². The van der Waals surface area contributed by atoms with Gasteiger partial charge in [-0.15, -0.1) is 0 Å². The Labute approximate surface area is 141 Å². The van der Waals surface area contributed by atoms with E-state index < -0.39 is 21.7 Å². The lowest BCUT2D eigenvalue weighted by atomic mass is 10.1. The molecule has 1 amide bonds. The lowest BCUT2D eigenvalue weighted by molar-refractivity contribution is 0.102. The molecular weight excluding hydrogens is 331 g/mol. The van der Waals surface area contributed by atoms with E-state index >= 15 is 0 Å². The molecule has 0 heterocycles. The van der Waals surface area contributed by atoms with Gasteiger partial charge in [0.1, 0.15) is 5.82 Å². The van der Waals surface area contributed by atoms with Gasteiger partial charge < -0.3 is 5.32 Å². The monoisotopic (exact) mass is 350 g/mol. The zero-order chi connectivity index (χ0) is 17.7. The van der Waals surface area contributed by atoms with E-state index in [4.69, 9.17) is 0 Å². The van der Waals surface area contributed by atoms with Crippen LogP contribution in [0.15, 0.2) is 42.5 Å². The molecule has 7 heteroatoms. The molecule has 24 heavy (non-hydrogen) atoms. The third-order valence-corrected chi connectivity index (χ3v) is 4.88. The van der Waals surface area contributed by atoms with Crippen molar-refractivity contribution in [2.24, 2.45) is 0 Å². The van der Waals surface area contributed by atoms with Gasteiger partial charge in [0.15, 0.2) is 0 Å². The fourth-order valence-electron chi connectivity index (χ4n) is 2.19. The Bertz CT molecular complexity index is 851. The van der Waals surface area contributed by atoms with E-state index in [-0.39, 0.29) is 11.3 Å². The van der Waals surface area contributed by atoms with Gasteiger partial charge in [0.25, 0.3) is 5.91 Å². The van der Waals surface area contributed by atoms with Crippen molar-refractivity contribution in [2.75, 3.05) is 15.8 Å². The summed E-state index contributed by atoms with van der Waals surface area (Å²) >= 11 is 0. The van der Waals surface area contributed by atoms with Gasteiger partial charge in [0.2, 0.25) is 10.0 Å². The molecule has 0 bridgehead atoms. The van der Waals surface area contributed by atoms with Gasteiger partial charge in [-0.05, 0) is 49.2 Å². The van der Waals surface area contributed by atoms with E-state index in [1.54, 1.807) is 32.0 Å². The van der Waals surface area contributed by atoms with Crippen LogP contribution in [-0.4, -0.2) is 20.1 Å². The van der Waals surface area contributed by atoms with E-state index in [1.165, 1.54) is 18.2 Å². The van der Waals surface area contributed by atoms with Crippen molar-refractivity contribution in [1.82, 2.24) is 0 Å². The number of rotatable bonds is 6. The largest absolute Gasteiger partial charge is 0.322 e. The van der Waals surface area contributed by atoms with Crippen molar-refractivity contribution >= 4 is 27.3 Å². The number of hydrogen-bond acceptors (Lipinski definition) is 3. The van der Waals surface area contributed by atoms with Crippen molar-refractivity contribution in [3.63, 3.8) is 0 Å². The molecule has 0 aliphatic rings. The van der Waals surface area contributed by atoms with Gasteiger partial charge in [0.05, 0.1) is 11.4 Å². The number of sulfonamides is 1. The summed E-state index contributed by atoms with van der Waals surface area (Å²) in [5, 5.41) is 2.67. The van der Waals surface area contributed by atoms with E-state index in [0.29, 0.717) is 23.4 Å². The number of hydrogen-bond donors (Lipinski definition) is 2. The summed E-state index contributed by atoms with van der Waals surface area (Å²) in [4.78, 5) is 12.2. The second kappa shape index (κ2) is 7.44. The molecule has 0 atom stereocenters. The maximum absolute atomic E-state index is 13.2. The van der Waals surface area contributed by atoms with Crippen LogP contribution >= 0.6 is 0 Å². The number of halogens is 1. The van der Waals surface area contributed by atoms with Crippen molar-refractivity contribution in [3.8, 4) is 0 Å². The molecule has 2 aromatic carbocycles. The molecular formula is C17H19FN2O3S. The fourth-order valence-corrected chi connectivity index (χ4v) is 3.39. The highest BCUT2D eigenvalue weighted by Crippen LogP contribution is 2.25. The third kappa shape index (κ3) is 4.55. The van der Waals surface area contributed by atoms with E-state index in [0.717, 1.165) is 6.07 Å². The molecule has 0 aromatic heterocycles. The molecule has 128 valence electrons. The molecule has 0 fully saturated rings. The molecule has 5 nitrogen and oxygen atoms in total. The molecule has 0 saturated carbocycles. The van der Waals surface area contributed by atoms with Crippen molar-refractivity contribution in [3.05, 3.63) is 59.4 Å². The molecule has 2 aromatic rings. The average Bonchev–Trinajstić information content (AvgIpc) is 2.51. The number of anilines is 2. The molecule has 0 unspecified atom stereocenters. The average molecular weight is 350 g/mol. The number of carbonyl (C=O) groups excluding carboxylic acids is 1. The first kappa shape index (κ1) is 17.9. The second-order valence-electron chi connectivity index (χ2n) is 5.36. The normalized spacial score (nSPS) is 11.1. The van der Waals surface area contributed by atoms with Gasteiger partial charge >= 0.3 is 0 Å². The van der Waals surface area contributed by atoms with Crippen LogP contribution in [0.1, 0.15) is 29.3 Å². The van der Waals surface area contributed by atoms with E-state index in [9.17, 15) is 17.6 Å². The first-order valence-electron chi connectivity index (χ1n) is 7.49. The minimum atomic E-state index is -3.42. The highest BCUT2D eigenvalue weighted by Gasteiger charge is 2.14. The smallest absolute Gasteiger partial charge is 0.255 e. The second-order valence-corrected chi connectivity index (χ2v) is 7.21. The Morgan fingerprint density at radius 2 is 1.79 bits per heavy atom. The topological polar surface area (TPSA) is 75.3 Å². The van der Waals surface area contributed by atoms with Crippen molar-refractivity contribution < 1.29 is 17.6 Å². The summed E-state index contributed by atoms with van der Waals surface area (Å²) < 4.78 is 39.5. The molecule has 2 N–H and O–H groups in total. The molecule has 0 aliphatic carbocycles. The molecule has 0 saturated heterocycles. The first-order valence-corrected chi connectivity index (χ1v) is 9.14. The zero-order valence-electron chi connectivity index (χ0n) is 13.5. The maximum Gasteiger partial charge on any atom is 0.255 e. The number of benzene rings is 2. The van der Waals surface area contributed by atoms with E-state index in [2.05, 4.69) is 10.0 Å². The predicted octanol–water partition coefficient (Wildman–Crippen LogP) is 3.54. The van der Waals surface area contributed by atoms with Gasteiger partial charge in [-0.1, -0.05) is 19.1 Å². The highest BCUT2D eigenvalue weighted by molar-refractivity contribution is 7.92. The summed E-state index contributed by atoms with van der Waals surface area (Å²) in [7, 11) is -3.42. The maximum atomic E-state index is 13.2. The Morgan fingerprint density at radius 3 is 2.46 bits per heavy atom. The summed E-state index contributed by atoms with van der Waals surface area (Å²) in [6, 6.07) is 10.3. The quantitative estimate of drug-likeness (QED) is 0.837. The summed E-state index contributed by atoms with van der Waals surface area (Å²) in [5.41, 5.74) is 1.63. The van der Waals surface area contributed by atoms with Crippen LogP contribution < -0.4 is 10.0 Å². The Kier molecular flexibility index (Phi) is 5.56. The number of carbonyl (C=O) groups is 1. The SMILES string of the molecule is CCCS(=O)(=O)Nc1cccc(NC(=O)c2cccc(F)c2)c1C. The van der Waals surface area contributed by atoms with Crippen LogP contribution in [0.25, 0.3) is 0 Å². The first-order chi connectivity index (χ1) is 11.3. The van der Waals surface area contributed by atoms with Gasteiger partial charge in [-0.25, -0.2) is 12.8 Å². The zero-order valence-corrected chi connectivity index (χ0v) is 14.3. The lowest BCUT2D eigenvalue weighted by Gasteiger charge is -2.14. The van der Waals surface area contributed by atoms with Crippen LogP contribution in [0.5, 0.6) is 0 Å². The van der Waals surface area contributed by atoms with Crippen LogP contribution in [0.2, 0.25) is 0 Å². The lowest BCUT2D eigenvalue weighted by Crippen LogP contribution is -2.18. The fraction of sp³-hybridized carbons (Fsp3) is 0.235.